The summed E-state index contributed by atoms with van der Waals surface area (Å²) in [6.07, 6.45) is 9.83. The highest BCUT2D eigenvalue weighted by atomic mass is 16.5. The van der Waals surface area contributed by atoms with Gasteiger partial charge in [-0.3, -0.25) is 4.79 Å². The lowest BCUT2D eigenvalue weighted by Gasteiger charge is -2.62. The minimum Gasteiger partial charge on any atom is -0.497 e. The third kappa shape index (κ3) is 3.67. The van der Waals surface area contributed by atoms with Crippen LogP contribution in [0.4, 0.5) is 0 Å². The minimum atomic E-state index is -0.528. The Balaban J connectivity index is 1.41. The molecule has 0 amide bonds. The van der Waals surface area contributed by atoms with Crippen LogP contribution in [0.5, 0.6) is 5.75 Å². The fourth-order valence-electron chi connectivity index (χ4n) is 9.19. The zero-order valence-electron chi connectivity index (χ0n) is 20.9. The predicted octanol–water partition coefficient (Wildman–Crippen LogP) is 5.91. The topological polar surface area (TPSA) is 55.8 Å². The van der Waals surface area contributed by atoms with Crippen LogP contribution in [0.2, 0.25) is 0 Å². The molecule has 1 N–H and O–H groups in total. The second-order valence-electron chi connectivity index (χ2n) is 12.3. The summed E-state index contributed by atoms with van der Waals surface area (Å²) in [7, 11) is 3.52. The van der Waals surface area contributed by atoms with Crippen molar-refractivity contribution in [3.63, 3.8) is 0 Å². The fourth-order valence-corrected chi connectivity index (χ4v) is 9.19. The molecule has 1 aromatic rings. The molecule has 4 aliphatic rings. The summed E-state index contributed by atoms with van der Waals surface area (Å²) in [4.78, 5) is 13.7. The van der Waals surface area contributed by atoms with Crippen molar-refractivity contribution in [2.24, 2.45) is 40.4 Å². The number of fused-ring (bicyclic) bond motifs is 5. The number of ketones is 1. The first-order valence-corrected chi connectivity index (χ1v) is 13.1. The molecule has 33 heavy (non-hydrogen) atoms. The molecular formula is C29H42O4. The smallest absolute Gasteiger partial charge is 0.166 e. The molecule has 4 aliphatic carbocycles. The molecule has 4 fully saturated rings. The molecule has 182 valence electrons. The van der Waals surface area contributed by atoms with E-state index in [0.29, 0.717) is 29.5 Å². The number of hydrogen-bond donors (Lipinski definition) is 1. The Labute approximate surface area is 199 Å². The SMILES string of the molecule is COC[C@]12CC[C@@](C)(O)C[C@@H]1CC[C@H]1[C@@H]3CC[C@H](C(=O)c4cccc(OC)c4)[C@@]3(C)CC[C@@H]12. The van der Waals surface area contributed by atoms with Crippen LogP contribution in [0, 0.1) is 40.4 Å². The normalized spacial score (nSPS) is 44.5. The number of carbonyl (C=O) groups is 1. The van der Waals surface area contributed by atoms with Crippen molar-refractivity contribution in [3.05, 3.63) is 29.8 Å². The van der Waals surface area contributed by atoms with Gasteiger partial charge in [0.1, 0.15) is 5.75 Å². The first-order chi connectivity index (χ1) is 15.7. The lowest BCUT2D eigenvalue weighted by molar-refractivity contribution is -0.173. The Hall–Kier alpha value is -1.39. The lowest BCUT2D eigenvalue weighted by Crippen LogP contribution is -2.58. The van der Waals surface area contributed by atoms with Gasteiger partial charge in [-0.05, 0) is 111 Å². The highest BCUT2D eigenvalue weighted by molar-refractivity contribution is 5.99. The average molecular weight is 455 g/mol. The first kappa shape index (κ1) is 23.4. The molecule has 1 aromatic carbocycles. The van der Waals surface area contributed by atoms with Gasteiger partial charge in [0.2, 0.25) is 0 Å². The highest BCUT2D eigenvalue weighted by Gasteiger charge is 2.63. The first-order valence-electron chi connectivity index (χ1n) is 13.1. The van der Waals surface area contributed by atoms with Crippen LogP contribution in [0.25, 0.3) is 0 Å². The van der Waals surface area contributed by atoms with E-state index in [2.05, 4.69) is 6.92 Å². The standard InChI is InChI=1S/C29H42O4/c1-27(31)14-15-29(18-32-3)20(17-27)8-9-22-23-10-11-25(28(23,2)13-12-24(22)29)26(30)19-6-5-7-21(16-19)33-4/h5-7,16,20,22-25,31H,8-15,17-18H2,1-4H3/t20-,22-,23-,24-,25+,27+,28-,29+/m0/s1. The maximum atomic E-state index is 13.7. The van der Waals surface area contributed by atoms with Gasteiger partial charge in [-0.25, -0.2) is 0 Å². The van der Waals surface area contributed by atoms with E-state index in [4.69, 9.17) is 9.47 Å². The second kappa shape index (κ2) is 8.37. The van der Waals surface area contributed by atoms with E-state index in [0.717, 1.165) is 50.0 Å². The van der Waals surface area contributed by atoms with Gasteiger partial charge in [0, 0.05) is 18.6 Å². The number of methoxy groups -OCH3 is 2. The van der Waals surface area contributed by atoms with Crippen LogP contribution in [0.1, 0.15) is 82.0 Å². The van der Waals surface area contributed by atoms with E-state index in [1.54, 1.807) is 7.11 Å². The van der Waals surface area contributed by atoms with E-state index in [-0.39, 0.29) is 16.7 Å². The van der Waals surface area contributed by atoms with Crippen LogP contribution in [0.15, 0.2) is 24.3 Å². The number of ether oxygens (including phenoxy) is 2. The Morgan fingerprint density at radius 3 is 2.61 bits per heavy atom. The van der Waals surface area contributed by atoms with Crippen LogP contribution in [-0.2, 0) is 4.74 Å². The molecule has 4 saturated carbocycles. The third-order valence-electron chi connectivity index (χ3n) is 10.7. The fraction of sp³-hybridized carbons (Fsp3) is 0.759. The zero-order chi connectivity index (χ0) is 23.4. The van der Waals surface area contributed by atoms with Gasteiger partial charge in [0.25, 0.3) is 0 Å². The number of aliphatic hydroxyl groups is 1. The molecular weight excluding hydrogens is 412 g/mol. The molecule has 8 atom stereocenters. The molecule has 0 saturated heterocycles. The van der Waals surface area contributed by atoms with Crippen molar-refractivity contribution < 1.29 is 19.4 Å². The minimum absolute atomic E-state index is 0.0859. The Morgan fingerprint density at radius 1 is 1.03 bits per heavy atom. The van der Waals surface area contributed by atoms with Crippen LogP contribution in [-0.4, -0.2) is 37.3 Å². The van der Waals surface area contributed by atoms with Crippen molar-refractivity contribution in [1.29, 1.82) is 0 Å². The molecule has 0 aliphatic heterocycles. The summed E-state index contributed by atoms with van der Waals surface area (Å²) in [6.45, 7) is 5.27. The van der Waals surface area contributed by atoms with Crippen molar-refractivity contribution in [2.75, 3.05) is 20.8 Å². The summed E-state index contributed by atoms with van der Waals surface area (Å²) in [5, 5.41) is 10.8. The van der Waals surface area contributed by atoms with Crippen molar-refractivity contribution in [2.45, 2.75) is 77.2 Å². The molecule has 5 rings (SSSR count). The van der Waals surface area contributed by atoms with Crippen molar-refractivity contribution >= 4 is 5.78 Å². The molecule has 0 aromatic heterocycles. The zero-order valence-corrected chi connectivity index (χ0v) is 20.9. The molecule has 0 radical (unpaired) electrons. The lowest BCUT2D eigenvalue weighted by atomic mass is 9.43. The third-order valence-corrected chi connectivity index (χ3v) is 10.7. The molecule has 0 bridgehead atoms. The summed E-state index contributed by atoms with van der Waals surface area (Å²) >= 11 is 0. The largest absolute Gasteiger partial charge is 0.497 e. The van der Waals surface area contributed by atoms with Crippen LogP contribution in [0.3, 0.4) is 0 Å². The number of Topliss-reactive ketones (excluding diaryl/α,β-unsaturated/α-hetero) is 1. The summed E-state index contributed by atoms with van der Waals surface area (Å²) in [5.41, 5.74) is 0.565. The summed E-state index contributed by atoms with van der Waals surface area (Å²) in [5.74, 6) is 3.70. The molecule has 0 unspecified atom stereocenters. The van der Waals surface area contributed by atoms with Gasteiger partial charge in [-0.2, -0.15) is 0 Å². The second-order valence-corrected chi connectivity index (χ2v) is 12.3. The predicted molar refractivity (Wildman–Crippen MR) is 129 cm³/mol. The van der Waals surface area contributed by atoms with Gasteiger partial charge in [0.15, 0.2) is 5.78 Å². The monoisotopic (exact) mass is 454 g/mol. The maximum Gasteiger partial charge on any atom is 0.166 e. The van der Waals surface area contributed by atoms with Gasteiger partial charge in [0.05, 0.1) is 19.3 Å². The van der Waals surface area contributed by atoms with E-state index in [1.165, 1.54) is 25.7 Å². The maximum absolute atomic E-state index is 13.7. The van der Waals surface area contributed by atoms with Gasteiger partial charge in [-0.1, -0.05) is 19.1 Å². The quantitative estimate of drug-likeness (QED) is 0.562. The molecule has 0 spiro atoms. The van der Waals surface area contributed by atoms with E-state index in [9.17, 15) is 9.90 Å². The molecule has 4 nitrogen and oxygen atoms in total. The van der Waals surface area contributed by atoms with E-state index >= 15 is 0 Å². The molecule has 4 heteroatoms. The summed E-state index contributed by atoms with van der Waals surface area (Å²) in [6, 6.07) is 7.72. The van der Waals surface area contributed by atoms with E-state index < -0.39 is 5.60 Å². The Morgan fingerprint density at radius 2 is 1.85 bits per heavy atom. The van der Waals surface area contributed by atoms with Gasteiger partial charge in [-0.15, -0.1) is 0 Å². The highest BCUT2D eigenvalue weighted by Crippen LogP contribution is 2.68. The van der Waals surface area contributed by atoms with Crippen molar-refractivity contribution in [3.8, 4) is 5.75 Å². The number of rotatable bonds is 5. The van der Waals surface area contributed by atoms with Crippen molar-refractivity contribution in [1.82, 2.24) is 0 Å². The number of hydrogen-bond acceptors (Lipinski definition) is 4. The number of carbonyl (C=O) groups excluding carboxylic acids is 1. The van der Waals surface area contributed by atoms with Crippen LogP contribution >= 0.6 is 0 Å². The Kier molecular flexibility index (Phi) is 5.93. The number of benzene rings is 1. The van der Waals surface area contributed by atoms with E-state index in [1.807, 2.05) is 38.3 Å². The summed E-state index contributed by atoms with van der Waals surface area (Å²) < 4.78 is 11.3. The van der Waals surface area contributed by atoms with Gasteiger partial charge >= 0.3 is 0 Å². The molecule has 0 heterocycles. The Bertz CT molecular complexity index is 893. The van der Waals surface area contributed by atoms with Crippen LogP contribution < -0.4 is 4.74 Å². The average Bonchev–Trinajstić information content (AvgIpc) is 3.16. The van der Waals surface area contributed by atoms with Gasteiger partial charge < -0.3 is 14.6 Å².